The SMILES string of the molecule is [2H][C@]12C[C@@H]3C(=O)C[C@@H]4[C@H](CC[C@]5(C)[C@@H](O[Si](C)(C)C(C)(C)C)CC[C@@H]45)[C@@]3(C)C[C@H]1OC(=O)O2. The number of ether oxygens (including phenoxy) is 2. The summed E-state index contributed by atoms with van der Waals surface area (Å²) in [5, 5.41) is 0.186. The molecule has 0 radical (unpaired) electrons. The number of carbonyl (C=O) groups excluding carboxylic acids is 2. The highest BCUT2D eigenvalue weighted by Gasteiger charge is 2.65. The predicted molar refractivity (Wildman–Crippen MR) is 125 cm³/mol. The van der Waals surface area contributed by atoms with E-state index in [9.17, 15) is 9.59 Å². The summed E-state index contributed by atoms with van der Waals surface area (Å²) in [5.41, 5.74) is -0.111. The summed E-state index contributed by atoms with van der Waals surface area (Å²) in [6.07, 6.45) is 3.45. The minimum atomic E-state index is -1.87. The van der Waals surface area contributed by atoms with Crippen LogP contribution in [0.2, 0.25) is 18.1 Å². The fourth-order valence-corrected chi connectivity index (χ4v) is 9.47. The normalized spacial score (nSPS) is 51.0. The Balaban J connectivity index is 1.41. The van der Waals surface area contributed by atoms with Gasteiger partial charge in [-0.25, -0.2) is 4.79 Å². The maximum Gasteiger partial charge on any atom is 0.509 e. The van der Waals surface area contributed by atoms with Gasteiger partial charge < -0.3 is 13.9 Å². The summed E-state index contributed by atoms with van der Waals surface area (Å²) in [5.74, 6) is 1.34. The van der Waals surface area contributed by atoms with Gasteiger partial charge in [0.25, 0.3) is 0 Å². The molecule has 0 aromatic rings. The van der Waals surface area contributed by atoms with Crippen LogP contribution >= 0.6 is 0 Å². The number of ketones is 1. The van der Waals surface area contributed by atoms with Gasteiger partial charge in [0.05, 0.1) is 7.47 Å². The van der Waals surface area contributed by atoms with Gasteiger partial charge in [0.1, 0.15) is 18.0 Å². The van der Waals surface area contributed by atoms with Gasteiger partial charge >= 0.3 is 6.16 Å². The Kier molecular flexibility index (Phi) is 4.78. The highest BCUT2D eigenvalue weighted by Crippen LogP contribution is 2.66. The lowest BCUT2D eigenvalue weighted by Gasteiger charge is -2.60. The lowest BCUT2D eigenvalue weighted by molar-refractivity contribution is -0.164. The third-order valence-corrected chi connectivity index (χ3v) is 15.4. The van der Waals surface area contributed by atoms with Crippen molar-refractivity contribution in [3.8, 4) is 0 Å². The van der Waals surface area contributed by atoms with Gasteiger partial charge in [-0.05, 0) is 85.2 Å². The van der Waals surface area contributed by atoms with E-state index in [1.807, 2.05) is 0 Å². The second kappa shape index (κ2) is 7.06. The van der Waals surface area contributed by atoms with Crippen LogP contribution in [0.15, 0.2) is 0 Å². The molecular formula is C26H42O5Si. The zero-order chi connectivity index (χ0) is 24.2. The topological polar surface area (TPSA) is 61.8 Å². The highest BCUT2D eigenvalue weighted by atomic mass is 28.4. The van der Waals surface area contributed by atoms with Crippen LogP contribution in [0.3, 0.4) is 0 Å². The average Bonchev–Trinajstić information content (AvgIpc) is 3.14. The number of Topliss-reactive ketones (excluding diaryl/α,β-unsaturated/α-hetero) is 1. The van der Waals surface area contributed by atoms with Crippen molar-refractivity contribution in [2.75, 3.05) is 0 Å². The molecule has 5 nitrogen and oxygen atoms in total. The van der Waals surface area contributed by atoms with Gasteiger partial charge in [0, 0.05) is 12.3 Å². The van der Waals surface area contributed by atoms with Gasteiger partial charge in [0.15, 0.2) is 8.32 Å². The van der Waals surface area contributed by atoms with E-state index in [-0.39, 0.29) is 40.1 Å². The number of hydrogen-bond acceptors (Lipinski definition) is 5. The first-order valence-corrected chi connectivity index (χ1v) is 15.6. The summed E-state index contributed by atoms with van der Waals surface area (Å²) >= 11 is 0. The van der Waals surface area contributed by atoms with E-state index < -0.39 is 26.7 Å². The first-order valence-electron chi connectivity index (χ1n) is 13.2. The minimum Gasteiger partial charge on any atom is -0.427 e. The monoisotopic (exact) mass is 463 g/mol. The Hall–Kier alpha value is -0.883. The van der Waals surface area contributed by atoms with Crippen molar-refractivity contribution >= 4 is 20.3 Å². The summed E-state index contributed by atoms with van der Waals surface area (Å²) in [6.45, 7) is 16.3. The van der Waals surface area contributed by atoms with E-state index in [4.69, 9.17) is 15.3 Å². The summed E-state index contributed by atoms with van der Waals surface area (Å²) in [4.78, 5) is 25.4. The van der Waals surface area contributed by atoms with E-state index >= 15 is 0 Å². The second-order valence-corrected chi connectivity index (χ2v) is 18.2. The Morgan fingerprint density at radius 3 is 2.44 bits per heavy atom. The van der Waals surface area contributed by atoms with E-state index in [0.29, 0.717) is 30.6 Å². The quantitative estimate of drug-likeness (QED) is 0.365. The van der Waals surface area contributed by atoms with Crippen molar-refractivity contribution in [1.82, 2.24) is 0 Å². The molecule has 6 heteroatoms. The van der Waals surface area contributed by atoms with E-state index in [2.05, 4.69) is 47.7 Å². The molecule has 0 amide bonds. The van der Waals surface area contributed by atoms with E-state index in [1.54, 1.807) is 0 Å². The summed E-state index contributed by atoms with van der Waals surface area (Å²) in [7, 11) is -1.87. The molecule has 1 saturated heterocycles. The maximum absolute atomic E-state index is 13.5. The molecular weight excluding hydrogens is 420 g/mol. The molecule has 9 atom stereocenters. The number of fused-ring (bicyclic) bond motifs is 6. The molecule has 0 bridgehead atoms. The zero-order valence-electron chi connectivity index (χ0n) is 22.0. The van der Waals surface area contributed by atoms with Crippen LogP contribution in [0.5, 0.6) is 0 Å². The van der Waals surface area contributed by atoms with Gasteiger partial charge in [0.2, 0.25) is 0 Å². The molecule has 5 fully saturated rings. The van der Waals surface area contributed by atoms with E-state index in [0.717, 1.165) is 25.7 Å². The molecule has 1 aliphatic heterocycles. The van der Waals surface area contributed by atoms with Crippen molar-refractivity contribution < 1.29 is 24.9 Å². The van der Waals surface area contributed by atoms with Crippen LogP contribution in [0, 0.1) is 34.5 Å². The van der Waals surface area contributed by atoms with Gasteiger partial charge in [-0.15, -0.1) is 0 Å². The summed E-state index contributed by atoms with van der Waals surface area (Å²) in [6, 6.07) is 0. The average molecular weight is 464 g/mol. The van der Waals surface area contributed by atoms with Crippen LogP contribution in [0.1, 0.15) is 80.9 Å². The zero-order valence-corrected chi connectivity index (χ0v) is 22.0. The van der Waals surface area contributed by atoms with Crippen LogP contribution < -0.4 is 0 Å². The Morgan fingerprint density at radius 1 is 1.06 bits per heavy atom. The Morgan fingerprint density at radius 2 is 1.75 bits per heavy atom. The Bertz CT molecular complexity index is 869. The van der Waals surface area contributed by atoms with Gasteiger partial charge in [-0.1, -0.05) is 34.6 Å². The lowest BCUT2D eigenvalue weighted by atomic mass is 9.44. The minimum absolute atomic E-state index is 0.122. The molecule has 0 N–H and O–H groups in total. The van der Waals surface area contributed by atoms with Crippen molar-refractivity contribution in [3.63, 3.8) is 0 Å². The molecule has 5 aliphatic rings. The molecule has 0 aromatic carbocycles. The van der Waals surface area contributed by atoms with Crippen molar-refractivity contribution in [1.29, 1.82) is 0 Å². The van der Waals surface area contributed by atoms with Crippen LogP contribution in [0.4, 0.5) is 4.79 Å². The number of carbonyl (C=O) groups is 2. The first-order chi connectivity index (χ1) is 15.1. The van der Waals surface area contributed by atoms with Gasteiger partial charge in [-0.3, -0.25) is 4.79 Å². The highest BCUT2D eigenvalue weighted by molar-refractivity contribution is 6.74. The third kappa shape index (κ3) is 3.18. The standard InChI is InChI=1S/C26H42O5Si/c1-24(2,3)32(6,7)31-22-9-8-16-15-12-19(27)18-13-20-21(30-23(28)29-20)14-26(18,5)17(15)10-11-25(16,22)4/h15-18,20-22H,8-14H2,1-7H3/t15-,16-,17-,18+,20-,21+,22-,25-,26+/m0/s1/i20D. The molecule has 4 saturated carbocycles. The molecule has 0 aromatic heterocycles. The van der Waals surface area contributed by atoms with Crippen LogP contribution in [-0.4, -0.2) is 38.5 Å². The number of hydrogen-bond donors (Lipinski definition) is 0. The van der Waals surface area contributed by atoms with Crippen LogP contribution in [-0.2, 0) is 18.7 Å². The largest absolute Gasteiger partial charge is 0.509 e. The molecule has 5 rings (SSSR count). The predicted octanol–water partition coefficient (Wildman–Crippen LogP) is 6.11. The third-order valence-electron chi connectivity index (χ3n) is 10.9. The molecule has 1 heterocycles. The fraction of sp³-hybridized carbons (Fsp3) is 0.923. The molecule has 180 valence electrons. The first kappa shape index (κ1) is 21.6. The second-order valence-electron chi connectivity index (χ2n) is 13.4. The van der Waals surface area contributed by atoms with Crippen molar-refractivity contribution in [2.24, 2.45) is 34.5 Å². The van der Waals surface area contributed by atoms with Crippen LogP contribution in [0.25, 0.3) is 0 Å². The van der Waals surface area contributed by atoms with Gasteiger partial charge in [-0.2, -0.15) is 0 Å². The van der Waals surface area contributed by atoms with Crippen molar-refractivity contribution in [3.05, 3.63) is 0 Å². The number of rotatable bonds is 2. The van der Waals surface area contributed by atoms with Crippen molar-refractivity contribution in [2.45, 2.75) is 116 Å². The Labute approximate surface area is 195 Å². The molecule has 0 unspecified atom stereocenters. The molecule has 4 aliphatic carbocycles. The summed E-state index contributed by atoms with van der Waals surface area (Å²) < 4.78 is 26.4. The lowest BCUT2D eigenvalue weighted by Crippen LogP contribution is -2.60. The molecule has 0 spiro atoms. The smallest absolute Gasteiger partial charge is 0.427 e. The maximum atomic E-state index is 13.5. The van der Waals surface area contributed by atoms with E-state index in [1.165, 1.54) is 0 Å². The molecule has 32 heavy (non-hydrogen) atoms. The fourth-order valence-electron chi connectivity index (χ4n) is 8.02.